The molecule has 4 rings (SSSR count). The van der Waals surface area contributed by atoms with Gasteiger partial charge in [0.1, 0.15) is 5.82 Å². The number of anilines is 1. The second-order valence-corrected chi connectivity index (χ2v) is 7.20. The number of pyridine rings is 1. The second-order valence-electron chi connectivity index (χ2n) is 7.20. The van der Waals surface area contributed by atoms with Crippen LogP contribution in [0.3, 0.4) is 0 Å². The van der Waals surface area contributed by atoms with Crippen molar-refractivity contribution in [2.75, 3.05) is 19.2 Å². The number of non-ortho nitro benzene ring substituents is 1. The molecule has 0 bridgehead atoms. The molecule has 31 heavy (non-hydrogen) atoms. The Hall–Kier alpha value is -3.94. The minimum absolute atomic E-state index is 0.0160. The third kappa shape index (κ3) is 3.92. The van der Waals surface area contributed by atoms with Gasteiger partial charge >= 0.3 is 0 Å². The lowest BCUT2D eigenvalue weighted by Crippen LogP contribution is -2.30. The molecule has 0 saturated carbocycles. The highest BCUT2D eigenvalue weighted by Gasteiger charge is 2.27. The van der Waals surface area contributed by atoms with Crippen LogP contribution >= 0.6 is 0 Å². The summed E-state index contributed by atoms with van der Waals surface area (Å²) in [7, 11) is 3.20. The average molecular weight is 418 g/mol. The molecule has 1 aliphatic rings. The molecule has 0 spiro atoms. The van der Waals surface area contributed by atoms with E-state index >= 15 is 0 Å². The maximum atomic E-state index is 11.1. The van der Waals surface area contributed by atoms with Crippen LogP contribution in [0.1, 0.15) is 23.6 Å². The number of methoxy groups -OCH3 is 2. The molecule has 158 valence electrons. The Kier molecular flexibility index (Phi) is 5.53. The first kappa shape index (κ1) is 20.3. The summed E-state index contributed by atoms with van der Waals surface area (Å²) in [5, 5.41) is 18.0. The van der Waals surface area contributed by atoms with Crippen molar-refractivity contribution in [2.45, 2.75) is 19.4 Å². The van der Waals surface area contributed by atoms with E-state index in [1.807, 2.05) is 35.3 Å². The van der Waals surface area contributed by atoms with E-state index in [4.69, 9.17) is 14.6 Å². The van der Waals surface area contributed by atoms with Crippen molar-refractivity contribution >= 4 is 17.2 Å². The third-order valence-electron chi connectivity index (χ3n) is 5.24. The maximum Gasteiger partial charge on any atom is 0.269 e. The fourth-order valence-electron chi connectivity index (χ4n) is 3.70. The second kappa shape index (κ2) is 8.43. The van der Waals surface area contributed by atoms with Crippen molar-refractivity contribution < 1.29 is 14.4 Å². The fraction of sp³-hybridized carbons (Fsp3) is 0.217. The highest BCUT2D eigenvalue weighted by atomic mass is 16.6. The molecule has 1 aromatic heterocycles. The number of aromatic nitrogens is 1. The standard InChI is InChI=1S/C23H22N4O4/c1-15-12-17-13-20(30-2)21(31-3)14-19(17)23(16-7-9-18(10-8-16)27(28)29)25-26(15)22-6-4-5-11-24-22/h4-11,13-15H,12H2,1-3H3. The van der Waals surface area contributed by atoms with Gasteiger partial charge in [-0.05, 0) is 55.3 Å². The molecule has 0 N–H and O–H groups in total. The average Bonchev–Trinajstić information content (AvgIpc) is 2.94. The molecule has 2 heterocycles. The van der Waals surface area contributed by atoms with Gasteiger partial charge in [-0.3, -0.25) is 10.1 Å². The Balaban J connectivity index is 1.92. The number of ether oxygens (including phenoxy) is 2. The molecule has 1 aliphatic heterocycles. The molecule has 0 fully saturated rings. The van der Waals surface area contributed by atoms with Crippen LogP contribution in [0.15, 0.2) is 65.9 Å². The first-order valence-electron chi connectivity index (χ1n) is 9.80. The first-order chi connectivity index (χ1) is 15.0. The highest BCUT2D eigenvalue weighted by molar-refractivity contribution is 6.14. The van der Waals surface area contributed by atoms with E-state index in [1.165, 1.54) is 12.1 Å². The quantitative estimate of drug-likeness (QED) is 0.455. The van der Waals surface area contributed by atoms with Crippen LogP contribution in [0.2, 0.25) is 0 Å². The zero-order valence-electron chi connectivity index (χ0n) is 17.5. The summed E-state index contributed by atoms with van der Waals surface area (Å²) in [4.78, 5) is 15.2. The Morgan fingerprint density at radius 3 is 2.39 bits per heavy atom. The van der Waals surface area contributed by atoms with Gasteiger partial charge in [-0.25, -0.2) is 9.99 Å². The number of hydrogen-bond donors (Lipinski definition) is 0. The number of rotatable bonds is 5. The Labute approximate surface area is 179 Å². The van der Waals surface area contributed by atoms with E-state index < -0.39 is 4.92 Å². The molecule has 0 aliphatic carbocycles. The summed E-state index contributed by atoms with van der Waals surface area (Å²) in [6, 6.07) is 16.0. The van der Waals surface area contributed by atoms with Gasteiger partial charge in [0.25, 0.3) is 5.69 Å². The normalized spacial score (nSPS) is 15.5. The van der Waals surface area contributed by atoms with Gasteiger partial charge in [0.05, 0.1) is 30.9 Å². The summed E-state index contributed by atoms with van der Waals surface area (Å²) >= 11 is 0. The van der Waals surface area contributed by atoms with Gasteiger partial charge in [-0.2, -0.15) is 5.10 Å². The van der Waals surface area contributed by atoms with E-state index in [0.29, 0.717) is 23.6 Å². The number of nitro benzene ring substituents is 1. The SMILES string of the molecule is COc1cc2c(cc1OC)C(c1ccc([N+](=O)[O-])cc1)=NN(c1ccccn1)C(C)C2. The van der Waals surface area contributed by atoms with E-state index in [1.54, 1.807) is 32.5 Å². The summed E-state index contributed by atoms with van der Waals surface area (Å²) < 4.78 is 11.0. The first-order valence-corrected chi connectivity index (χ1v) is 9.80. The van der Waals surface area contributed by atoms with Crippen molar-refractivity contribution in [3.8, 4) is 11.5 Å². The van der Waals surface area contributed by atoms with Gasteiger partial charge in [0, 0.05) is 29.5 Å². The Morgan fingerprint density at radius 2 is 1.77 bits per heavy atom. The Morgan fingerprint density at radius 1 is 1.06 bits per heavy atom. The molecular formula is C23H22N4O4. The number of nitrogens with zero attached hydrogens (tertiary/aromatic N) is 4. The lowest BCUT2D eigenvalue weighted by atomic mass is 9.94. The van der Waals surface area contributed by atoms with Gasteiger partial charge in [0.2, 0.25) is 0 Å². The summed E-state index contributed by atoms with van der Waals surface area (Å²) in [6.07, 6.45) is 2.43. The summed E-state index contributed by atoms with van der Waals surface area (Å²) in [5.41, 5.74) is 3.40. The molecule has 0 radical (unpaired) electrons. The number of nitro groups is 1. The lowest BCUT2D eigenvalue weighted by molar-refractivity contribution is -0.384. The lowest BCUT2D eigenvalue weighted by Gasteiger charge is -2.24. The van der Waals surface area contributed by atoms with E-state index in [9.17, 15) is 10.1 Å². The zero-order chi connectivity index (χ0) is 22.0. The van der Waals surface area contributed by atoms with E-state index in [0.717, 1.165) is 22.5 Å². The van der Waals surface area contributed by atoms with Crippen molar-refractivity contribution in [1.82, 2.24) is 4.98 Å². The van der Waals surface area contributed by atoms with Crippen molar-refractivity contribution in [3.63, 3.8) is 0 Å². The maximum absolute atomic E-state index is 11.1. The number of fused-ring (bicyclic) bond motifs is 1. The number of hydrogen-bond acceptors (Lipinski definition) is 7. The summed E-state index contributed by atoms with van der Waals surface area (Å²) in [5.74, 6) is 1.96. The van der Waals surface area contributed by atoms with Crippen LogP contribution in [0.4, 0.5) is 11.5 Å². The minimum atomic E-state index is -0.414. The Bertz CT molecular complexity index is 1130. The molecule has 2 aromatic carbocycles. The van der Waals surface area contributed by atoms with Crippen LogP contribution in [0, 0.1) is 10.1 Å². The molecular weight excluding hydrogens is 396 g/mol. The predicted molar refractivity (Wildman–Crippen MR) is 118 cm³/mol. The van der Waals surface area contributed by atoms with Gasteiger partial charge in [-0.1, -0.05) is 6.07 Å². The summed E-state index contributed by atoms with van der Waals surface area (Å²) in [6.45, 7) is 2.08. The fourth-order valence-corrected chi connectivity index (χ4v) is 3.70. The molecule has 1 unspecified atom stereocenters. The van der Waals surface area contributed by atoms with E-state index in [-0.39, 0.29) is 11.7 Å². The number of hydrazone groups is 1. The monoisotopic (exact) mass is 418 g/mol. The van der Waals surface area contributed by atoms with Gasteiger partial charge in [-0.15, -0.1) is 0 Å². The van der Waals surface area contributed by atoms with Crippen LogP contribution in [-0.4, -0.2) is 35.9 Å². The largest absolute Gasteiger partial charge is 0.493 e. The predicted octanol–water partition coefficient (Wildman–Crippen LogP) is 4.21. The van der Waals surface area contributed by atoms with Crippen molar-refractivity contribution in [1.29, 1.82) is 0 Å². The van der Waals surface area contributed by atoms with E-state index in [2.05, 4.69) is 11.9 Å². The molecule has 0 saturated heterocycles. The van der Waals surface area contributed by atoms with Crippen molar-refractivity contribution in [3.05, 3.63) is 87.6 Å². The topological polar surface area (TPSA) is 90.1 Å². The van der Waals surface area contributed by atoms with Crippen LogP contribution in [0.25, 0.3) is 0 Å². The molecule has 0 amide bonds. The van der Waals surface area contributed by atoms with Crippen LogP contribution in [-0.2, 0) is 6.42 Å². The molecule has 8 nitrogen and oxygen atoms in total. The van der Waals surface area contributed by atoms with Crippen LogP contribution < -0.4 is 14.5 Å². The zero-order valence-corrected chi connectivity index (χ0v) is 17.5. The van der Waals surface area contributed by atoms with Gasteiger partial charge in [0.15, 0.2) is 11.5 Å². The number of benzene rings is 2. The molecule has 1 atom stereocenters. The molecule has 8 heteroatoms. The smallest absolute Gasteiger partial charge is 0.269 e. The van der Waals surface area contributed by atoms with Crippen molar-refractivity contribution in [2.24, 2.45) is 5.10 Å². The van der Waals surface area contributed by atoms with Crippen LogP contribution in [0.5, 0.6) is 11.5 Å². The minimum Gasteiger partial charge on any atom is -0.493 e. The molecule has 3 aromatic rings. The third-order valence-corrected chi connectivity index (χ3v) is 5.24. The van der Waals surface area contributed by atoms with Gasteiger partial charge < -0.3 is 9.47 Å². The highest BCUT2D eigenvalue weighted by Crippen LogP contribution is 2.35.